The second-order valence-corrected chi connectivity index (χ2v) is 6.06. The number of hydrogen-bond acceptors (Lipinski definition) is 3. The van der Waals surface area contributed by atoms with Crippen LogP contribution < -0.4 is 4.87 Å². The number of thiazole rings is 1. The van der Waals surface area contributed by atoms with Crippen molar-refractivity contribution in [3.05, 3.63) is 42.8 Å². The first kappa shape index (κ1) is 11.7. The molecule has 1 aromatic heterocycles. The van der Waals surface area contributed by atoms with Gasteiger partial charge in [-0.2, -0.15) is 0 Å². The zero-order chi connectivity index (χ0) is 12.9. The molecule has 1 aliphatic carbocycles. The molecule has 0 saturated carbocycles. The number of carboxylic acids is 1. The third-order valence-electron chi connectivity index (χ3n) is 2.93. The minimum absolute atomic E-state index is 0.198. The van der Waals surface area contributed by atoms with Crippen LogP contribution in [0.3, 0.4) is 0 Å². The van der Waals surface area contributed by atoms with E-state index in [0.29, 0.717) is 6.42 Å². The van der Waals surface area contributed by atoms with Gasteiger partial charge in [0, 0.05) is 21.3 Å². The van der Waals surface area contributed by atoms with Crippen molar-refractivity contribution in [3.63, 3.8) is 0 Å². The number of hydrogen-bond donors (Lipinski definition) is 1. The number of aromatic nitrogens is 1. The number of aliphatic carboxylic acids is 1. The Labute approximate surface area is 115 Å². The largest absolute Gasteiger partial charge is 0.480 e. The number of carboxylic acid groups (broad SMARTS) is 1. The van der Waals surface area contributed by atoms with Gasteiger partial charge in [0.05, 0.1) is 5.69 Å². The molecule has 92 valence electrons. The van der Waals surface area contributed by atoms with Gasteiger partial charge in [0.25, 0.3) is 0 Å². The van der Waals surface area contributed by atoms with E-state index < -0.39 is 5.97 Å². The molecule has 1 aromatic carbocycles. The predicted molar refractivity (Wildman–Crippen MR) is 72.2 cm³/mol. The number of fused-ring (bicyclic) bond motifs is 3. The molecular weight excluding hydrogens is 318 g/mol. The van der Waals surface area contributed by atoms with E-state index in [1.54, 1.807) is 0 Å². The van der Waals surface area contributed by atoms with E-state index in [9.17, 15) is 9.59 Å². The topological polar surface area (TPSA) is 59.3 Å². The minimum Gasteiger partial charge on any atom is -0.480 e. The maximum atomic E-state index is 11.8. The fourth-order valence-electron chi connectivity index (χ4n) is 2.26. The van der Waals surface area contributed by atoms with Crippen molar-refractivity contribution < 1.29 is 9.90 Å². The van der Waals surface area contributed by atoms with Crippen LogP contribution >= 0.6 is 27.3 Å². The Bertz CT molecular complexity index is 717. The van der Waals surface area contributed by atoms with Gasteiger partial charge in [0.15, 0.2) is 0 Å². The Morgan fingerprint density at radius 2 is 2.28 bits per heavy atom. The van der Waals surface area contributed by atoms with E-state index in [4.69, 9.17) is 5.11 Å². The van der Waals surface area contributed by atoms with Crippen LogP contribution in [0.4, 0.5) is 0 Å². The second kappa shape index (κ2) is 4.07. The van der Waals surface area contributed by atoms with Crippen molar-refractivity contribution in [2.45, 2.75) is 13.0 Å². The Morgan fingerprint density at radius 3 is 3.00 bits per heavy atom. The summed E-state index contributed by atoms with van der Waals surface area (Å²) in [4.78, 5) is 23.4. The number of carbonyl (C=O) groups is 1. The quantitative estimate of drug-likeness (QED) is 0.786. The number of nitrogens with zero attached hydrogens (tertiary/aromatic N) is 1. The third-order valence-corrected chi connectivity index (χ3v) is 4.40. The van der Waals surface area contributed by atoms with Crippen molar-refractivity contribution >= 4 is 33.2 Å². The smallest absolute Gasteiger partial charge is 0.323 e. The zero-order valence-electron chi connectivity index (χ0n) is 9.14. The summed E-state index contributed by atoms with van der Waals surface area (Å²) >= 11 is 4.55. The lowest BCUT2D eigenvalue weighted by atomic mass is 10.1. The molecular formula is C12H8BrNO3S. The lowest BCUT2D eigenvalue weighted by Gasteiger charge is -2.05. The van der Waals surface area contributed by atoms with Gasteiger partial charge in [0.1, 0.15) is 6.54 Å². The molecule has 3 rings (SSSR count). The van der Waals surface area contributed by atoms with Gasteiger partial charge in [-0.1, -0.05) is 33.3 Å². The predicted octanol–water partition coefficient (Wildman–Crippen LogP) is 2.33. The van der Waals surface area contributed by atoms with Crippen LogP contribution in [0.1, 0.15) is 10.4 Å². The standard InChI is InChI=1S/C12H8BrNO3S/c13-7-1-2-8-6(3-7)4-9-11(8)14(5-10(15)16)12(17)18-9/h1-3H,4-5H2,(H,15,16). The zero-order valence-corrected chi connectivity index (χ0v) is 11.5. The van der Waals surface area contributed by atoms with Crippen molar-refractivity contribution in [2.75, 3.05) is 0 Å². The summed E-state index contributed by atoms with van der Waals surface area (Å²) in [6, 6.07) is 5.84. The van der Waals surface area contributed by atoms with Crippen LogP contribution in [0.25, 0.3) is 11.3 Å². The van der Waals surface area contributed by atoms with Gasteiger partial charge in [-0.05, 0) is 17.7 Å². The van der Waals surface area contributed by atoms with Crippen LogP contribution in [0.15, 0.2) is 27.5 Å². The van der Waals surface area contributed by atoms with Crippen molar-refractivity contribution in [2.24, 2.45) is 0 Å². The van der Waals surface area contributed by atoms with E-state index in [1.165, 1.54) is 4.57 Å². The Balaban J connectivity index is 2.21. The molecule has 0 aliphatic heterocycles. The summed E-state index contributed by atoms with van der Waals surface area (Å²) < 4.78 is 2.34. The molecule has 0 spiro atoms. The van der Waals surface area contributed by atoms with E-state index in [0.717, 1.165) is 37.5 Å². The van der Waals surface area contributed by atoms with Gasteiger partial charge in [0.2, 0.25) is 0 Å². The highest BCUT2D eigenvalue weighted by Gasteiger charge is 2.26. The Kier molecular flexibility index (Phi) is 2.64. The number of benzene rings is 1. The molecule has 1 aliphatic rings. The molecule has 0 saturated heterocycles. The van der Waals surface area contributed by atoms with E-state index in [2.05, 4.69) is 15.9 Å². The van der Waals surface area contributed by atoms with Gasteiger partial charge >= 0.3 is 10.8 Å². The van der Waals surface area contributed by atoms with Crippen LogP contribution in [-0.2, 0) is 17.8 Å². The minimum atomic E-state index is -0.997. The van der Waals surface area contributed by atoms with E-state index in [-0.39, 0.29) is 11.4 Å². The molecule has 0 unspecified atom stereocenters. The summed E-state index contributed by atoms with van der Waals surface area (Å²) in [5.74, 6) is -0.997. The summed E-state index contributed by atoms with van der Waals surface area (Å²) in [5, 5.41) is 8.87. The van der Waals surface area contributed by atoms with Crippen LogP contribution in [-0.4, -0.2) is 15.6 Å². The van der Waals surface area contributed by atoms with Crippen LogP contribution in [0.5, 0.6) is 0 Å². The summed E-state index contributed by atoms with van der Waals surface area (Å²) in [6.07, 6.45) is 0.705. The molecule has 0 fully saturated rings. The Morgan fingerprint density at radius 1 is 1.50 bits per heavy atom. The molecule has 0 atom stereocenters. The molecule has 18 heavy (non-hydrogen) atoms. The molecule has 2 aromatic rings. The second-order valence-electron chi connectivity index (χ2n) is 4.10. The highest BCUT2D eigenvalue weighted by molar-refractivity contribution is 9.10. The molecule has 1 heterocycles. The average molecular weight is 326 g/mol. The monoisotopic (exact) mass is 325 g/mol. The van der Waals surface area contributed by atoms with E-state index >= 15 is 0 Å². The average Bonchev–Trinajstić information content (AvgIpc) is 2.75. The van der Waals surface area contributed by atoms with Crippen molar-refractivity contribution in [3.8, 4) is 11.3 Å². The molecule has 6 heteroatoms. The first-order valence-electron chi connectivity index (χ1n) is 5.29. The highest BCUT2D eigenvalue weighted by Crippen LogP contribution is 2.39. The molecule has 1 N–H and O–H groups in total. The van der Waals surface area contributed by atoms with Crippen molar-refractivity contribution in [1.29, 1.82) is 0 Å². The first-order chi connectivity index (χ1) is 8.56. The number of halogens is 1. The third kappa shape index (κ3) is 1.72. The van der Waals surface area contributed by atoms with Crippen LogP contribution in [0.2, 0.25) is 0 Å². The van der Waals surface area contributed by atoms with E-state index in [1.807, 2.05) is 18.2 Å². The first-order valence-corrected chi connectivity index (χ1v) is 6.90. The molecule has 0 bridgehead atoms. The van der Waals surface area contributed by atoms with Crippen molar-refractivity contribution in [1.82, 2.24) is 4.57 Å². The summed E-state index contributed by atoms with van der Waals surface area (Å²) in [5.41, 5.74) is 2.87. The lowest BCUT2D eigenvalue weighted by molar-refractivity contribution is -0.137. The SMILES string of the molecule is O=C(O)Cn1c2c(sc1=O)Cc1cc(Br)ccc1-2. The normalized spacial score (nSPS) is 12.3. The van der Waals surface area contributed by atoms with Gasteiger partial charge in [-0.25, -0.2) is 0 Å². The number of rotatable bonds is 2. The fraction of sp³-hybridized carbons (Fsp3) is 0.167. The van der Waals surface area contributed by atoms with Gasteiger partial charge in [-0.3, -0.25) is 14.2 Å². The highest BCUT2D eigenvalue weighted by atomic mass is 79.9. The Hall–Kier alpha value is -1.40. The van der Waals surface area contributed by atoms with Gasteiger partial charge < -0.3 is 5.11 Å². The summed E-state index contributed by atoms with van der Waals surface area (Å²) in [7, 11) is 0. The fourth-order valence-corrected chi connectivity index (χ4v) is 3.69. The molecule has 4 nitrogen and oxygen atoms in total. The lowest BCUT2D eigenvalue weighted by Crippen LogP contribution is -2.19. The van der Waals surface area contributed by atoms with Gasteiger partial charge in [-0.15, -0.1) is 0 Å². The molecule has 0 radical (unpaired) electrons. The maximum Gasteiger partial charge on any atom is 0.323 e. The molecule has 0 amide bonds. The maximum absolute atomic E-state index is 11.8. The van der Waals surface area contributed by atoms with Crippen LogP contribution in [0, 0.1) is 0 Å². The summed E-state index contributed by atoms with van der Waals surface area (Å²) in [6.45, 7) is -0.278.